The molecule has 0 radical (unpaired) electrons. The van der Waals surface area contributed by atoms with Crippen molar-refractivity contribution in [3.05, 3.63) is 59.4 Å². The molecule has 1 N–H and O–H groups in total. The van der Waals surface area contributed by atoms with E-state index in [1.165, 1.54) is 5.56 Å². The van der Waals surface area contributed by atoms with E-state index in [2.05, 4.69) is 15.5 Å². The number of nitrogens with zero attached hydrogens (tertiary/aromatic N) is 2. The summed E-state index contributed by atoms with van der Waals surface area (Å²) >= 11 is 0. The normalized spacial score (nSPS) is 12.1. The van der Waals surface area contributed by atoms with E-state index >= 15 is 0 Å². The predicted octanol–water partition coefficient (Wildman–Crippen LogP) is 3.76. The summed E-state index contributed by atoms with van der Waals surface area (Å²) in [6, 6.07) is 11.7. The van der Waals surface area contributed by atoms with Crippen molar-refractivity contribution in [2.24, 2.45) is 0 Å². The van der Waals surface area contributed by atoms with E-state index < -0.39 is 0 Å². The Morgan fingerprint density at radius 2 is 1.92 bits per heavy atom. The maximum Gasteiger partial charge on any atom is 0.248 e. The molecule has 1 atom stereocenters. The van der Waals surface area contributed by atoms with Gasteiger partial charge in [-0.1, -0.05) is 35.0 Å². The van der Waals surface area contributed by atoms with Crippen LogP contribution in [-0.4, -0.2) is 16.0 Å². The third-order valence-corrected chi connectivity index (χ3v) is 3.89. The number of hydrogen-bond acceptors (Lipinski definition) is 5. The van der Waals surface area contributed by atoms with E-state index in [4.69, 9.17) is 8.94 Å². The summed E-state index contributed by atoms with van der Waals surface area (Å²) in [5.74, 6) is 2.47. The number of carbonyl (C=O) groups is 1. The molecular weight excluding hydrogens is 318 g/mol. The fourth-order valence-corrected chi connectivity index (χ4v) is 2.49. The first-order valence-corrected chi connectivity index (χ1v) is 8.26. The van der Waals surface area contributed by atoms with Crippen LogP contribution < -0.4 is 5.32 Å². The van der Waals surface area contributed by atoms with Gasteiger partial charge in [0.05, 0.1) is 0 Å². The van der Waals surface area contributed by atoms with Gasteiger partial charge >= 0.3 is 0 Å². The van der Waals surface area contributed by atoms with Gasteiger partial charge in [-0.3, -0.25) is 4.79 Å². The van der Waals surface area contributed by atoms with Gasteiger partial charge in [0.2, 0.25) is 11.8 Å². The molecule has 0 saturated carbocycles. The fraction of sp³-hybridized carbons (Fsp3) is 0.316. The van der Waals surface area contributed by atoms with Crippen LogP contribution >= 0.6 is 0 Å². The van der Waals surface area contributed by atoms with Gasteiger partial charge in [0, 0.05) is 18.4 Å². The van der Waals surface area contributed by atoms with Crippen LogP contribution in [0.15, 0.2) is 45.3 Å². The van der Waals surface area contributed by atoms with Gasteiger partial charge in [0.1, 0.15) is 17.6 Å². The zero-order valence-electron chi connectivity index (χ0n) is 14.6. The first-order chi connectivity index (χ1) is 12.0. The summed E-state index contributed by atoms with van der Waals surface area (Å²) in [4.78, 5) is 16.2. The Bertz CT molecular complexity index is 849. The van der Waals surface area contributed by atoms with E-state index in [-0.39, 0.29) is 11.9 Å². The van der Waals surface area contributed by atoms with E-state index in [0.29, 0.717) is 24.6 Å². The van der Waals surface area contributed by atoms with Crippen LogP contribution in [0.1, 0.15) is 42.4 Å². The minimum atomic E-state index is -0.312. The van der Waals surface area contributed by atoms with Gasteiger partial charge in [0.15, 0.2) is 5.82 Å². The predicted molar refractivity (Wildman–Crippen MR) is 92.8 cm³/mol. The number of hydrogen-bond donors (Lipinski definition) is 1. The van der Waals surface area contributed by atoms with Gasteiger partial charge < -0.3 is 14.3 Å². The van der Waals surface area contributed by atoms with Crippen molar-refractivity contribution in [1.82, 2.24) is 15.5 Å². The third-order valence-electron chi connectivity index (χ3n) is 3.89. The number of aromatic nitrogens is 2. The molecule has 6 heteroatoms. The molecule has 0 unspecified atom stereocenters. The largest absolute Gasteiger partial charge is 0.461 e. The van der Waals surface area contributed by atoms with Crippen LogP contribution in [0.4, 0.5) is 0 Å². The summed E-state index contributed by atoms with van der Waals surface area (Å²) in [5, 5.41) is 6.57. The van der Waals surface area contributed by atoms with Gasteiger partial charge in [-0.2, -0.15) is 4.98 Å². The standard InChI is InChI=1S/C19H21N3O3/c1-12-4-6-15(7-5-12)17-10-8-16(24-17)9-11-18(23)20-13(2)19-21-14(3)22-25-19/h4-8,10,13H,9,11H2,1-3H3,(H,20,23)/t13-/m0/s1. The van der Waals surface area contributed by atoms with Crippen molar-refractivity contribution in [3.63, 3.8) is 0 Å². The smallest absolute Gasteiger partial charge is 0.248 e. The molecule has 6 nitrogen and oxygen atoms in total. The molecule has 0 aliphatic rings. The quantitative estimate of drug-likeness (QED) is 0.739. The molecule has 3 aromatic rings. The number of aryl methyl sites for hydroxylation is 3. The number of amides is 1. The molecule has 1 amide bonds. The van der Waals surface area contributed by atoms with Gasteiger partial charge in [-0.25, -0.2) is 0 Å². The molecule has 2 heterocycles. The Kier molecular flexibility index (Phi) is 4.97. The maximum absolute atomic E-state index is 12.1. The lowest BCUT2D eigenvalue weighted by atomic mass is 10.1. The molecule has 0 spiro atoms. The van der Waals surface area contributed by atoms with Crippen molar-refractivity contribution in [1.29, 1.82) is 0 Å². The summed E-state index contributed by atoms with van der Waals surface area (Å²) in [5.41, 5.74) is 2.24. The van der Waals surface area contributed by atoms with Crippen molar-refractivity contribution in [2.45, 2.75) is 39.7 Å². The third kappa shape index (κ3) is 4.35. The molecule has 3 rings (SSSR count). The zero-order valence-corrected chi connectivity index (χ0v) is 14.6. The van der Waals surface area contributed by atoms with Crippen LogP contribution in [-0.2, 0) is 11.2 Å². The number of benzene rings is 1. The number of carbonyl (C=O) groups excluding carboxylic acids is 1. The fourth-order valence-electron chi connectivity index (χ4n) is 2.49. The Labute approximate surface area is 146 Å². The zero-order chi connectivity index (χ0) is 17.8. The average molecular weight is 339 g/mol. The Morgan fingerprint density at radius 1 is 1.16 bits per heavy atom. The lowest BCUT2D eigenvalue weighted by Crippen LogP contribution is -2.27. The molecule has 25 heavy (non-hydrogen) atoms. The van der Waals surface area contributed by atoms with Gasteiger partial charge in [-0.15, -0.1) is 0 Å². The summed E-state index contributed by atoms with van der Waals surface area (Å²) in [7, 11) is 0. The SMILES string of the molecule is Cc1ccc(-c2ccc(CCC(=O)N[C@@H](C)c3nc(C)no3)o2)cc1. The van der Waals surface area contributed by atoms with Crippen LogP contribution in [0.2, 0.25) is 0 Å². The second-order valence-electron chi connectivity index (χ2n) is 6.10. The second kappa shape index (κ2) is 7.34. The molecule has 0 fully saturated rings. The topological polar surface area (TPSA) is 81.2 Å². The summed E-state index contributed by atoms with van der Waals surface area (Å²) in [6.45, 7) is 5.60. The first kappa shape index (κ1) is 17.0. The van der Waals surface area contributed by atoms with Crippen molar-refractivity contribution in [2.75, 3.05) is 0 Å². The first-order valence-electron chi connectivity index (χ1n) is 8.26. The Hall–Kier alpha value is -2.89. The molecule has 0 saturated heterocycles. The Morgan fingerprint density at radius 3 is 2.60 bits per heavy atom. The molecule has 2 aromatic heterocycles. The van der Waals surface area contributed by atoms with Gasteiger partial charge in [-0.05, 0) is 32.9 Å². The highest BCUT2D eigenvalue weighted by Gasteiger charge is 2.16. The van der Waals surface area contributed by atoms with Crippen molar-refractivity contribution < 1.29 is 13.7 Å². The monoisotopic (exact) mass is 339 g/mol. The maximum atomic E-state index is 12.1. The molecule has 0 aliphatic heterocycles. The van der Waals surface area contributed by atoms with E-state index in [0.717, 1.165) is 17.1 Å². The highest BCUT2D eigenvalue weighted by Crippen LogP contribution is 2.23. The minimum absolute atomic E-state index is 0.0864. The van der Waals surface area contributed by atoms with Crippen molar-refractivity contribution in [3.8, 4) is 11.3 Å². The number of rotatable bonds is 6. The van der Waals surface area contributed by atoms with Crippen LogP contribution in [0.3, 0.4) is 0 Å². The van der Waals surface area contributed by atoms with Crippen LogP contribution in [0, 0.1) is 13.8 Å². The molecular formula is C19H21N3O3. The van der Waals surface area contributed by atoms with Crippen LogP contribution in [0.5, 0.6) is 0 Å². The Balaban J connectivity index is 1.53. The summed E-state index contributed by atoms with van der Waals surface area (Å²) in [6.07, 6.45) is 0.867. The molecule has 0 aliphatic carbocycles. The van der Waals surface area contributed by atoms with E-state index in [1.807, 2.05) is 50.2 Å². The van der Waals surface area contributed by atoms with Crippen LogP contribution in [0.25, 0.3) is 11.3 Å². The minimum Gasteiger partial charge on any atom is -0.461 e. The molecule has 0 bridgehead atoms. The highest BCUT2D eigenvalue weighted by atomic mass is 16.5. The molecule has 130 valence electrons. The average Bonchev–Trinajstić information content (AvgIpc) is 3.23. The number of nitrogens with one attached hydrogen (secondary N) is 1. The van der Waals surface area contributed by atoms with Crippen molar-refractivity contribution >= 4 is 5.91 Å². The number of furan rings is 1. The molecule has 1 aromatic carbocycles. The lowest BCUT2D eigenvalue weighted by molar-refractivity contribution is -0.121. The summed E-state index contributed by atoms with van der Waals surface area (Å²) < 4.78 is 10.9. The van der Waals surface area contributed by atoms with Gasteiger partial charge in [0.25, 0.3) is 0 Å². The lowest BCUT2D eigenvalue weighted by Gasteiger charge is -2.08. The van der Waals surface area contributed by atoms with E-state index in [9.17, 15) is 4.79 Å². The highest BCUT2D eigenvalue weighted by molar-refractivity contribution is 5.76. The van der Waals surface area contributed by atoms with E-state index in [1.54, 1.807) is 6.92 Å². The second-order valence-corrected chi connectivity index (χ2v) is 6.10.